The molecular formula is C14H17NO3. The number of aryl methyl sites for hydroxylation is 1. The molecule has 0 aliphatic carbocycles. The number of hydrogen-bond acceptors (Lipinski definition) is 3. The molecule has 0 spiro atoms. The van der Waals surface area contributed by atoms with Gasteiger partial charge >= 0.3 is 0 Å². The summed E-state index contributed by atoms with van der Waals surface area (Å²) in [7, 11) is 0. The van der Waals surface area contributed by atoms with Crippen molar-refractivity contribution >= 4 is 18.5 Å². The van der Waals surface area contributed by atoms with Crippen LogP contribution in [0.1, 0.15) is 46.0 Å². The van der Waals surface area contributed by atoms with Gasteiger partial charge in [0.1, 0.15) is 6.29 Å². The summed E-state index contributed by atoms with van der Waals surface area (Å²) in [5.74, 6) is -0.273. The van der Waals surface area contributed by atoms with Crippen molar-refractivity contribution in [3.63, 3.8) is 0 Å². The molecule has 0 aromatic heterocycles. The van der Waals surface area contributed by atoms with Gasteiger partial charge < -0.3 is 10.1 Å². The molecule has 4 heteroatoms. The zero-order valence-electron chi connectivity index (χ0n) is 10.4. The highest BCUT2D eigenvalue weighted by Gasteiger charge is 2.10. The van der Waals surface area contributed by atoms with Crippen LogP contribution in [0.3, 0.4) is 0 Å². The Hall–Kier alpha value is -1.97. The summed E-state index contributed by atoms with van der Waals surface area (Å²) >= 11 is 0. The highest BCUT2D eigenvalue weighted by molar-refractivity contribution is 6.01. The van der Waals surface area contributed by atoms with Crippen LogP contribution in [-0.4, -0.2) is 25.0 Å². The first-order valence-electron chi connectivity index (χ1n) is 6.02. The lowest BCUT2D eigenvalue weighted by Gasteiger charge is -2.07. The fourth-order valence-electron chi connectivity index (χ4n) is 1.62. The van der Waals surface area contributed by atoms with Crippen molar-refractivity contribution in [1.82, 2.24) is 5.32 Å². The molecule has 1 rings (SSSR count). The molecule has 1 amide bonds. The summed E-state index contributed by atoms with van der Waals surface area (Å²) in [6.07, 6.45) is 3.37. The van der Waals surface area contributed by atoms with Crippen LogP contribution >= 0.6 is 0 Å². The molecule has 0 atom stereocenters. The Balaban J connectivity index is 2.72. The first-order chi connectivity index (χ1) is 8.72. The van der Waals surface area contributed by atoms with Gasteiger partial charge in [0.05, 0.1) is 0 Å². The molecule has 0 radical (unpaired) electrons. The lowest BCUT2D eigenvalue weighted by atomic mass is 10.0. The first-order valence-corrected chi connectivity index (χ1v) is 6.02. The highest BCUT2D eigenvalue weighted by Crippen LogP contribution is 2.11. The Morgan fingerprint density at radius 2 is 2.11 bits per heavy atom. The van der Waals surface area contributed by atoms with Crippen LogP contribution in [0.15, 0.2) is 18.2 Å². The third-order valence-electron chi connectivity index (χ3n) is 2.68. The van der Waals surface area contributed by atoms with E-state index < -0.39 is 0 Å². The van der Waals surface area contributed by atoms with Gasteiger partial charge in [-0.15, -0.1) is 0 Å². The number of rotatable bonds is 7. The van der Waals surface area contributed by atoms with Gasteiger partial charge in [-0.2, -0.15) is 0 Å². The minimum atomic E-state index is -0.273. The van der Waals surface area contributed by atoms with Crippen molar-refractivity contribution in [3.05, 3.63) is 34.9 Å². The van der Waals surface area contributed by atoms with E-state index in [-0.39, 0.29) is 5.91 Å². The summed E-state index contributed by atoms with van der Waals surface area (Å²) in [5, 5.41) is 2.69. The molecule has 0 fully saturated rings. The Morgan fingerprint density at radius 1 is 1.33 bits per heavy atom. The number of carbonyl (C=O) groups is 3. The van der Waals surface area contributed by atoms with E-state index in [1.807, 2.05) is 13.0 Å². The van der Waals surface area contributed by atoms with Crippen LogP contribution in [0.2, 0.25) is 0 Å². The van der Waals surface area contributed by atoms with Gasteiger partial charge in [0, 0.05) is 24.1 Å². The molecule has 0 saturated carbocycles. The van der Waals surface area contributed by atoms with E-state index in [2.05, 4.69) is 5.32 Å². The molecule has 0 aliphatic rings. The van der Waals surface area contributed by atoms with Crippen molar-refractivity contribution in [2.75, 3.05) is 6.54 Å². The van der Waals surface area contributed by atoms with Gasteiger partial charge in [-0.3, -0.25) is 9.59 Å². The summed E-state index contributed by atoms with van der Waals surface area (Å²) < 4.78 is 0. The maximum Gasteiger partial charge on any atom is 0.252 e. The predicted octanol–water partition coefficient (Wildman–Crippen LogP) is 1.77. The van der Waals surface area contributed by atoms with E-state index in [1.165, 1.54) is 0 Å². The standard InChI is InChI=1S/C14H17NO3/c1-2-11-5-6-13(12(9-11)10-17)14(18)15-7-3-4-8-16/h5-6,8-10H,2-4,7H2,1H3,(H,15,18). The Kier molecular flexibility index (Phi) is 5.77. The number of carbonyl (C=O) groups excluding carboxylic acids is 3. The monoisotopic (exact) mass is 247 g/mol. The Bertz CT molecular complexity index is 441. The average molecular weight is 247 g/mol. The Morgan fingerprint density at radius 3 is 2.72 bits per heavy atom. The molecule has 1 N–H and O–H groups in total. The lowest BCUT2D eigenvalue weighted by Crippen LogP contribution is -2.25. The molecule has 1 aromatic carbocycles. The number of benzene rings is 1. The second-order valence-corrected chi connectivity index (χ2v) is 3.96. The average Bonchev–Trinajstić information content (AvgIpc) is 2.42. The molecule has 18 heavy (non-hydrogen) atoms. The highest BCUT2D eigenvalue weighted by atomic mass is 16.2. The van der Waals surface area contributed by atoms with Crippen molar-refractivity contribution < 1.29 is 14.4 Å². The van der Waals surface area contributed by atoms with Gasteiger partial charge in [-0.25, -0.2) is 0 Å². The zero-order valence-corrected chi connectivity index (χ0v) is 10.4. The number of unbranched alkanes of at least 4 members (excludes halogenated alkanes) is 1. The molecule has 0 aliphatic heterocycles. The molecule has 96 valence electrons. The summed E-state index contributed by atoms with van der Waals surface area (Å²) in [6, 6.07) is 5.23. The van der Waals surface area contributed by atoms with E-state index in [0.717, 1.165) is 18.3 Å². The van der Waals surface area contributed by atoms with E-state index >= 15 is 0 Å². The summed E-state index contributed by atoms with van der Waals surface area (Å²) in [4.78, 5) is 32.9. The van der Waals surface area contributed by atoms with Gasteiger partial charge in [0.15, 0.2) is 6.29 Å². The van der Waals surface area contributed by atoms with E-state index in [9.17, 15) is 14.4 Å². The van der Waals surface area contributed by atoms with Crippen molar-refractivity contribution in [3.8, 4) is 0 Å². The van der Waals surface area contributed by atoms with Crippen LogP contribution in [0.4, 0.5) is 0 Å². The summed E-state index contributed by atoms with van der Waals surface area (Å²) in [6.45, 7) is 2.43. The number of hydrogen-bond donors (Lipinski definition) is 1. The van der Waals surface area contributed by atoms with Crippen LogP contribution in [0.25, 0.3) is 0 Å². The maximum atomic E-state index is 11.8. The smallest absolute Gasteiger partial charge is 0.252 e. The van der Waals surface area contributed by atoms with Crippen molar-refractivity contribution in [2.24, 2.45) is 0 Å². The SMILES string of the molecule is CCc1ccc(C(=O)NCCCC=O)c(C=O)c1. The van der Waals surface area contributed by atoms with Crippen LogP contribution in [-0.2, 0) is 11.2 Å². The molecule has 0 saturated heterocycles. The minimum Gasteiger partial charge on any atom is -0.352 e. The van der Waals surface area contributed by atoms with Gasteiger partial charge in [0.25, 0.3) is 5.91 Å². The largest absolute Gasteiger partial charge is 0.352 e. The summed E-state index contributed by atoms with van der Waals surface area (Å²) in [5.41, 5.74) is 1.81. The fourth-order valence-corrected chi connectivity index (χ4v) is 1.62. The predicted molar refractivity (Wildman–Crippen MR) is 68.8 cm³/mol. The molecule has 0 heterocycles. The number of nitrogens with one attached hydrogen (secondary N) is 1. The molecule has 0 bridgehead atoms. The number of aldehydes is 2. The molecule has 4 nitrogen and oxygen atoms in total. The van der Waals surface area contributed by atoms with Gasteiger partial charge in [-0.1, -0.05) is 13.0 Å². The maximum absolute atomic E-state index is 11.8. The third-order valence-corrected chi connectivity index (χ3v) is 2.68. The first kappa shape index (κ1) is 14.1. The van der Waals surface area contributed by atoms with E-state index in [0.29, 0.717) is 36.8 Å². The molecular weight excluding hydrogens is 230 g/mol. The zero-order chi connectivity index (χ0) is 13.4. The molecule has 0 unspecified atom stereocenters. The third kappa shape index (κ3) is 3.80. The van der Waals surface area contributed by atoms with Crippen LogP contribution < -0.4 is 5.32 Å². The second-order valence-electron chi connectivity index (χ2n) is 3.96. The fraction of sp³-hybridized carbons (Fsp3) is 0.357. The van der Waals surface area contributed by atoms with Crippen LogP contribution in [0.5, 0.6) is 0 Å². The van der Waals surface area contributed by atoms with E-state index in [4.69, 9.17) is 0 Å². The lowest BCUT2D eigenvalue weighted by molar-refractivity contribution is -0.107. The Labute approximate surface area is 106 Å². The quantitative estimate of drug-likeness (QED) is 0.590. The van der Waals surface area contributed by atoms with Gasteiger partial charge in [-0.05, 0) is 30.5 Å². The second kappa shape index (κ2) is 7.37. The van der Waals surface area contributed by atoms with Crippen molar-refractivity contribution in [2.45, 2.75) is 26.2 Å². The topological polar surface area (TPSA) is 63.2 Å². The van der Waals surface area contributed by atoms with Gasteiger partial charge in [0.2, 0.25) is 0 Å². The van der Waals surface area contributed by atoms with Crippen molar-refractivity contribution in [1.29, 1.82) is 0 Å². The normalized spacial score (nSPS) is 9.83. The minimum absolute atomic E-state index is 0.273. The number of amides is 1. The van der Waals surface area contributed by atoms with E-state index in [1.54, 1.807) is 12.1 Å². The molecule has 1 aromatic rings. The van der Waals surface area contributed by atoms with Crippen LogP contribution in [0, 0.1) is 0 Å².